The fourth-order valence-electron chi connectivity index (χ4n) is 2.92. The van der Waals surface area contributed by atoms with Crippen molar-refractivity contribution < 1.29 is 9.53 Å². The number of amides is 1. The highest BCUT2D eigenvalue weighted by molar-refractivity contribution is 7.22. The predicted molar refractivity (Wildman–Crippen MR) is 114 cm³/mol. The monoisotopic (exact) mass is 388 g/mol. The van der Waals surface area contributed by atoms with Crippen LogP contribution in [0.4, 0.5) is 5.13 Å². The highest BCUT2D eigenvalue weighted by atomic mass is 32.1. The zero-order valence-electron chi connectivity index (χ0n) is 15.5. The molecule has 0 radical (unpaired) electrons. The average molecular weight is 388 g/mol. The van der Waals surface area contributed by atoms with Gasteiger partial charge in [0.2, 0.25) is 0 Å². The predicted octanol–water partition coefficient (Wildman–Crippen LogP) is 5.54. The van der Waals surface area contributed by atoms with Gasteiger partial charge < -0.3 is 4.74 Å². The number of rotatable bonds is 6. The second-order valence-corrected chi connectivity index (χ2v) is 7.32. The van der Waals surface area contributed by atoms with Crippen LogP contribution in [0.25, 0.3) is 10.2 Å². The van der Waals surface area contributed by atoms with E-state index in [0.29, 0.717) is 18.7 Å². The van der Waals surface area contributed by atoms with Crippen LogP contribution in [0.1, 0.15) is 22.8 Å². The Morgan fingerprint density at radius 3 is 2.39 bits per heavy atom. The molecule has 0 aliphatic carbocycles. The maximum atomic E-state index is 13.0. The number of hydrogen-bond acceptors (Lipinski definition) is 4. The third kappa shape index (κ3) is 3.89. The lowest BCUT2D eigenvalue weighted by molar-refractivity contribution is 0.0988. The maximum absolute atomic E-state index is 13.0. The molecule has 4 nitrogen and oxygen atoms in total. The number of thiazole rings is 1. The number of carbonyl (C=O) groups is 1. The summed E-state index contributed by atoms with van der Waals surface area (Å²) in [6.07, 6.45) is 0. The van der Waals surface area contributed by atoms with Crippen molar-refractivity contribution >= 4 is 32.6 Å². The zero-order chi connectivity index (χ0) is 19.3. The van der Waals surface area contributed by atoms with Gasteiger partial charge in [0.15, 0.2) is 5.13 Å². The van der Waals surface area contributed by atoms with Crippen LogP contribution in [-0.2, 0) is 6.61 Å². The average Bonchev–Trinajstić information content (AvgIpc) is 3.17. The molecule has 0 unspecified atom stereocenters. The summed E-state index contributed by atoms with van der Waals surface area (Å²) < 4.78 is 6.84. The molecule has 0 N–H and O–H groups in total. The van der Waals surface area contributed by atoms with Gasteiger partial charge >= 0.3 is 0 Å². The molecule has 0 aliphatic rings. The van der Waals surface area contributed by atoms with Crippen molar-refractivity contribution in [2.24, 2.45) is 0 Å². The second-order valence-electron chi connectivity index (χ2n) is 6.31. The van der Waals surface area contributed by atoms with Crippen LogP contribution in [-0.4, -0.2) is 17.4 Å². The van der Waals surface area contributed by atoms with E-state index < -0.39 is 0 Å². The number of hydrogen-bond donors (Lipinski definition) is 0. The quantitative estimate of drug-likeness (QED) is 0.435. The zero-order valence-corrected chi connectivity index (χ0v) is 16.4. The molecule has 1 aromatic heterocycles. The second kappa shape index (κ2) is 8.23. The third-order valence-corrected chi connectivity index (χ3v) is 5.48. The largest absolute Gasteiger partial charge is 0.489 e. The van der Waals surface area contributed by atoms with E-state index in [2.05, 4.69) is 4.98 Å². The van der Waals surface area contributed by atoms with Crippen molar-refractivity contribution in [3.8, 4) is 5.75 Å². The molecule has 1 amide bonds. The number of carbonyl (C=O) groups excluding carboxylic acids is 1. The van der Waals surface area contributed by atoms with Crippen LogP contribution in [0.15, 0.2) is 78.9 Å². The summed E-state index contributed by atoms with van der Waals surface area (Å²) in [4.78, 5) is 19.3. The van der Waals surface area contributed by atoms with E-state index in [0.717, 1.165) is 26.7 Å². The number of para-hydroxylation sites is 2. The molecule has 0 spiro atoms. The van der Waals surface area contributed by atoms with Crippen LogP contribution in [0.2, 0.25) is 0 Å². The lowest BCUT2D eigenvalue weighted by Crippen LogP contribution is -2.30. The summed E-state index contributed by atoms with van der Waals surface area (Å²) in [7, 11) is 0. The highest BCUT2D eigenvalue weighted by Crippen LogP contribution is 2.29. The lowest BCUT2D eigenvalue weighted by atomic mass is 10.1. The fraction of sp³-hybridized carbons (Fsp3) is 0.130. The lowest BCUT2D eigenvalue weighted by Gasteiger charge is -2.17. The van der Waals surface area contributed by atoms with Gasteiger partial charge in [0, 0.05) is 12.1 Å². The molecule has 0 saturated heterocycles. The standard InChI is InChI=1S/C23H20N2O2S/c1-2-25(23-24-20-10-6-7-11-21(20)28-23)22(26)18-14-12-17(13-15-18)16-27-19-8-4-3-5-9-19/h3-15H,2,16H2,1H3. The minimum atomic E-state index is -0.0444. The Kier molecular flexibility index (Phi) is 5.35. The smallest absolute Gasteiger partial charge is 0.260 e. The molecule has 0 saturated carbocycles. The molecule has 0 fully saturated rings. The van der Waals surface area contributed by atoms with E-state index in [1.165, 1.54) is 11.3 Å². The Labute approximate surface area is 168 Å². The van der Waals surface area contributed by atoms with Gasteiger partial charge in [0.05, 0.1) is 10.2 Å². The molecule has 28 heavy (non-hydrogen) atoms. The first kappa shape index (κ1) is 18.2. The van der Waals surface area contributed by atoms with E-state index in [4.69, 9.17) is 4.74 Å². The summed E-state index contributed by atoms with van der Waals surface area (Å²) in [6, 6.07) is 25.2. The van der Waals surface area contributed by atoms with Crippen molar-refractivity contribution in [2.45, 2.75) is 13.5 Å². The Morgan fingerprint density at radius 2 is 1.68 bits per heavy atom. The van der Waals surface area contributed by atoms with Gasteiger partial charge in [0.1, 0.15) is 12.4 Å². The number of fused-ring (bicyclic) bond motifs is 1. The van der Waals surface area contributed by atoms with Crippen molar-refractivity contribution in [1.29, 1.82) is 0 Å². The van der Waals surface area contributed by atoms with E-state index >= 15 is 0 Å². The number of aromatic nitrogens is 1. The van der Waals surface area contributed by atoms with Gasteiger partial charge in [-0.05, 0) is 48.9 Å². The van der Waals surface area contributed by atoms with Gasteiger partial charge in [-0.1, -0.05) is 53.8 Å². The molecule has 0 aliphatic heterocycles. The SMILES string of the molecule is CCN(C(=O)c1ccc(COc2ccccc2)cc1)c1nc2ccccc2s1. The van der Waals surface area contributed by atoms with Crippen LogP contribution < -0.4 is 9.64 Å². The van der Waals surface area contributed by atoms with E-state index in [1.54, 1.807) is 4.90 Å². The first-order valence-electron chi connectivity index (χ1n) is 9.19. The van der Waals surface area contributed by atoms with Crippen molar-refractivity contribution in [2.75, 3.05) is 11.4 Å². The maximum Gasteiger partial charge on any atom is 0.260 e. The summed E-state index contributed by atoms with van der Waals surface area (Å²) in [6.45, 7) is 3.00. The fourth-order valence-corrected chi connectivity index (χ4v) is 3.95. The van der Waals surface area contributed by atoms with Gasteiger partial charge in [-0.3, -0.25) is 9.69 Å². The van der Waals surface area contributed by atoms with Crippen LogP contribution in [0, 0.1) is 0 Å². The molecular formula is C23H20N2O2S. The summed E-state index contributed by atoms with van der Waals surface area (Å²) in [5.74, 6) is 0.785. The van der Waals surface area contributed by atoms with Crippen molar-refractivity contribution in [3.63, 3.8) is 0 Å². The summed E-state index contributed by atoms with van der Waals surface area (Å²) in [5.41, 5.74) is 2.58. The summed E-state index contributed by atoms with van der Waals surface area (Å²) >= 11 is 1.54. The molecule has 4 rings (SSSR count). The van der Waals surface area contributed by atoms with Gasteiger partial charge in [-0.25, -0.2) is 4.98 Å². The molecule has 0 bridgehead atoms. The Bertz CT molecular complexity index is 1040. The Morgan fingerprint density at radius 1 is 0.964 bits per heavy atom. The molecular weight excluding hydrogens is 368 g/mol. The normalized spacial score (nSPS) is 10.8. The Hall–Kier alpha value is -3.18. The van der Waals surface area contributed by atoms with Crippen molar-refractivity contribution in [1.82, 2.24) is 4.98 Å². The number of anilines is 1. The minimum absolute atomic E-state index is 0.0444. The van der Waals surface area contributed by atoms with Crippen LogP contribution in [0.3, 0.4) is 0 Å². The number of nitrogens with zero attached hydrogens (tertiary/aromatic N) is 2. The van der Waals surface area contributed by atoms with Crippen molar-refractivity contribution in [3.05, 3.63) is 90.0 Å². The third-order valence-electron chi connectivity index (χ3n) is 4.42. The first-order chi connectivity index (χ1) is 13.7. The van der Waals surface area contributed by atoms with Gasteiger partial charge in [-0.2, -0.15) is 0 Å². The van der Waals surface area contributed by atoms with E-state index in [1.807, 2.05) is 85.8 Å². The topological polar surface area (TPSA) is 42.4 Å². The number of benzene rings is 3. The molecule has 1 heterocycles. The van der Waals surface area contributed by atoms with E-state index in [-0.39, 0.29) is 5.91 Å². The Balaban J connectivity index is 1.48. The van der Waals surface area contributed by atoms with Crippen LogP contribution >= 0.6 is 11.3 Å². The highest BCUT2D eigenvalue weighted by Gasteiger charge is 2.19. The first-order valence-corrected chi connectivity index (χ1v) is 10.0. The molecule has 140 valence electrons. The van der Waals surface area contributed by atoms with Gasteiger partial charge in [0.25, 0.3) is 5.91 Å². The van der Waals surface area contributed by atoms with E-state index in [9.17, 15) is 4.79 Å². The molecule has 0 atom stereocenters. The molecule has 3 aromatic carbocycles. The molecule has 5 heteroatoms. The minimum Gasteiger partial charge on any atom is -0.489 e. The van der Waals surface area contributed by atoms with Crippen LogP contribution in [0.5, 0.6) is 5.75 Å². The number of ether oxygens (including phenoxy) is 1. The molecule has 4 aromatic rings. The van der Waals surface area contributed by atoms with Gasteiger partial charge in [-0.15, -0.1) is 0 Å². The summed E-state index contributed by atoms with van der Waals surface area (Å²) in [5, 5.41) is 0.727.